The Balaban J connectivity index is 1.40. The van der Waals surface area contributed by atoms with Crippen LogP contribution in [0.15, 0.2) is 72.8 Å². The van der Waals surface area contributed by atoms with Gasteiger partial charge in [-0.2, -0.15) is 0 Å². The number of ether oxygens (including phenoxy) is 2. The minimum absolute atomic E-state index is 0.334. The number of anilines is 1. The van der Waals surface area contributed by atoms with E-state index in [0.29, 0.717) is 18.9 Å². The average molecular weight is 386 g/mol. The van der Waals surface area contributed by atoms with Crippen molar-refractivity contribution in [3.63, 3.8) is 0 Å². The van der Waals surface area contributed by atoms with Crippen LogP contribution in [0.4, 0.5) is 5.69 Å². The van der Waals surface area contributed by atoms with Gasteiger partial charge in [-0.05, 0) is 67.5 Å². The molecule has 0 aliphatic carbocycles. The standard InChI is InChI=1S/C26H27NO2/c1-19(21-7-3-2-4-8-21)27-23(15-13-22-9-5-6-10-24(22)27)14-11-20-12-16-25-26(17-20)29-18-28-25/h2-10,12,16-17,19,23H,11,13-15,18H2,1H3/t19-,23+/m1/s1. The molecule has 0 bridgehead atoms. The summed E-state index contributed by atoms with van der Waals surface area (Å²) in [4.78, 5) is 2.65. The van der Waals surface area contributed by atoms with Crippen LogP contribution in [0, 0.1) is 0 Å². The van der Waals surface area contributed by atoms with Gasteiger partial charge in [0.15, 0.2) is 11.5 Å². The number of benzene rings is 3. The van der Waals surface area contributed by atoms with Gasteiger partial charge in [-0.15, -0.1) is 0 Å². The monoisotopic (exact) mass is 385 g/mol. The molecule has 2 aliphatic rings. The normalized spacial score (nSPS) is 18.4. The molecule has 3 nitrogen and oxygen atoms in total. The fourth-order valence-corrected chi connectivity index (χ4v) is 4.76. The Morgan fingerprint density at radius 2 is 1.72 bits per heavy atom. The van der Waals surface area contributed by atoms with E-state index < -0.39 is 0 Å². The lowest BCUT2D eigenvalue weighted by molar-refractivity contribution is 0.174. The van der Waals surface area contributed by atoms with E-state index in [1.807, 2.05) is 6.07 Å². The summed E-state index contributed by atoms with van der Waals surface area (Å²) in [5.41, 5.74) is 5.55. The molecule has 0 unspecified atom stereocenters. The molecule has 0 saturated carbocycles. The van der Waals surface area contributed by atoms with Crippen LogP contribution < -0.4 is 14.4 Å². The molecule has 3 aromatic carbocycles. The Labute approximate surface area is 172 Å². The van der Waals surface area contributed by atoms with Crippen molar-refractivity contribution in [3.8, 4) is 11.5 Å². The van der Waals surface area contributed by atoms with Crippen molar-refractivity contribution in [2.75, 3.05) is 11.7 Å². The van der Waals surface area contributed by atoms with E-state index in [0.717, 1.165) is 30.8 Å². The molecule has 2 aliphatic heterocycles. The summed E-state index contributed by atoms with van der Waals surface area (Å²) in [5.74, 6) is 1.74. The lowest BCUT2D eigenvalue weighted by Gasteiger charge is -2.43. The summed E-state index contributed by atoms with van der Waals surface area (Å²) in [6.45, 7) is 2.67. The second kappa shape index (κ2) is 7.82. The molecule has 0 saturated heterocycles. The first-order valence-corrected chi connectivity index (χ1v) is 10.6. The largest absolute Gasteiger partial charge is 0.454 e. The smallest absolute Gasteiger partial charge is 0.231 e. The third-order valence-electron chi connectivity index (χ3n) is 6.31. The molecule has 5 rings (SSSR count). The van der Waals surface area contributed by atoms with Crippen molar-refractivity contribution in [2.45, 2.75) is 44.7 Å². The minimum Gasteiger partial charge on any atom is -0.454 e. The van der Waals surface area contributed by atoms with Crippen LogP contribution in [0.25, 0.3) is 0 Å². The fraction of sp³-hybridized carbons (Fsp3) is 0.308. The Hall–Kier alpha value is -2.94. The van der Waals surface area contributed by atoms with Gasteiger partial charge in [0.25, 0.3) is 0 Å². The molecule has 0 N–H and O–H groups in total. The van der Waals surface area contributed by atoms with Gasteiger partial charge in [0, 0.05) is 11.7 Å². The topological polar surface area (TPSA) is 21.7 Å². The maximum atomic E-state index is 5.56. The van der Waals surface area contributed by atoms with Crippen molar-refractivity contribution in [1.29, 1.82) is 0 Å². The van der Waals surface area contributed by atoms with E-state index in [-0.39, 0.29) is 0 Å². The van der Waals surface area contributed by atoms with Gasteiger partial charge in [0.2, 0.25) is 6.79 Å². The summed E-state index contributed by atoms with van der Waals surface area (Å²) >= 11 is 0. The van der Waals surface area contributed by atoms with Crippen LogP contribution in [-0.4, -0.2) is 12.8 Å². The molecular weight excluding hydrogens is 358 g/mol. The van der Waals surface area contributed by atoms with Crippen molar-refractivity contribution in [1.82, 2.24) is 0 Å². The Kier molecular flexibility index (Phi) is 4.89. The second-order valence-electron chi connectivity index (χ2n) is 8.04. The summed E-state index contributed by atoms with van der Waals surface area (Å²) in [6.07, 6.45) is 4.52. The molecule has 3 heteroatoms. The van der Waals surface area contributed by atoms with E-state index in [1.54, 1.807) is 0 Å². The van der Waals surface area contributed by atoms with Gasteiger partial charge in [0.1, 0.15) is 0 Å². The van der Waals surface area contributed by atoms with Crippen LogP contribution in [0.1, 0.15) is 42.5 Å². The lowest BCUT2D eigenvalue weighted by Crippen LogP contribution is -2.41. The molecule has 0 spiro atoms. The number of hydrogen-bond donors (Lipinski definition) is 0. The zero-order chi connectivity index (χ0) is 19.6. The second-order valence-corrected chi connectivity index (χ2v) is 8.04. The van der Waals surface area contributed by atoms with Gasteiger partial charge in [-0.3, -0.25) is 0 Å². The SMILES string of the molecule is C[C@H](c1ccccc1)N1c2ccccc2CC[C@@H]1CCc1ccc2c(c1)OCO2. The maximum Gasteiger partial charge on any atom is 0.231 e. The van der Waals surface area contributed by atoms with Crippen LogP contribution in [0.2, 0.25) is 0 Å². The minimum atomic E-state index is 0.334. The molecule has 2 heterocycles. The van der Waals surface area contributed by atoms with E-state index in [2.05, 4.69) is 78.6 Å². The predicted molar refractivity (Wildman–Crippen MR) is 117 cm³/mol. The van der Waals surface area contributed by atoms with Crippen LogP contribution in [0.5, 0.6) is 11.5 Å². The van der Waals surface area contributed by atoms with Crippen LogP contribution in [0.3, 0.4) is 0 Å². The third kappa shape index (κ3) is 3.57. The highest BCUT2D eigenvalue weighted by molar-refractivity contribution is 5.58. The van der Waals surface area contributed by atoms with Gasteiger partial charge in [-0.1, -0.05) is 54.6 Å². The highest BCUT2D eigenvalue weighted by Gasteiger charge is 2.30. The fourth-order valence-electron chi connectivity index (χ4n) is 4.76. The zero-order valence-corrected chi connectivity index (χ0v) is 16.9. The van der Waals surface area contributed by atoms with Crippen molar-refractivity contribution in [3.05, 3.63) is 89.5 Å². The molecule has 0 amide bonds. The van der Waals surface area contributed by atoms with Crippen LogP contribution in [-0.2, 0) is 12.8 Å². The number of hydrogen-bond acceptors (Lipinski definition) is 3. The van der Waals surface area contributed by atoms with Crippen molar-refractivity contribution < 1.29 is 9.47 Å². The highest BCUT2D eigenvalue weighted by Crippen LogP contribution is 2.39. The average Bonchev–Trinajstić information content (AvgIpc) is 3.25. The molecule has 2 atom stereocenters. The van der Waals surface area contributed by atoms with E-state index in [1.165, 1.54) is 28.8 Å². The maximum absolute atomic E-state index is 5.56. The zero-order valence-electron chi connectivity index (χ0n) is 16.9. The Morgan fingerprint density at radius 1 is 0.931 bits per heavy atom. The lowest BCUT2D eigenvalue weighted by atomic mass is 9.89. The van der Waals surface area contributed by atoms with Gasteiger partial charge in [-0.25, -0.2) is 0 Å². The number of rotatable bonds is 5. The Bertz CT molecular complexity index is 985. The summed E-state index contributed by atoms with van der Waals surface area (Å²) in [5, 5.41) is 0. The third-order valence-corrected chi connectivity index (χ3v) is 6.31. The van der Waals surface area contributed by atoms with Gasteiger partial charge < -0.3 is 14.4 Å². The number of para-hydroxylation sites is 1. The molecule has 148 valence electrons. The van der Waals surface area contributed by atoms with Gasteiger partial charge in [0.05, 0.1) is 6.04 Å². The summed E-state index contributed by atoms with van der Waals surface area (Å²) in [6, 6.07) is 27.0. The number of fused-ring (bicyclic) bond motifs is 2. The molecule has 0 radical (unpaired) electrons. The van der Waals surface area contributed by atoms with Crippen molar-refractivity contribution in [2.24, 2.45) is 0 Å². The van der Waals surface area contributed by atoms with E-state index in [9.17, 15) is 0 Å². The first-order chi connectivity index (χ1) is 14.3. The number of aryl methyl sites for hydroxylation is 2. The predicted octanol–water partition coefficient (Wildman–Crippen LogP) is 5.93. The van der Waals surface area contributed by atoms with Crippen LogP contribution >= 0.6 is 0 Å². The molecule has 0 fully saturated rings. The summed E-state index contributed by atoms with van der Waals surface area (Å²) < 4.78 is 11.0. The molecule has 0 aromatic heterocycles. The van der Waals surface area contributed by atoms with E-state index in [4.69, 9.17) is 9.47 Å². The van der Waals surface area contributed by atoms with Crippen molar-refractivity contribution >= 4 is 5.69 Å². The highest BCUT2D eigenvalue weighted by atomic mass is 16.7. The van der Waals surface area contributed by atoms with Gasteiger partial charge >= 0.3 is 0 Å². The molecular formula is C26H27NO2. The van der Waals surface area contributed by atoms with E-state index >= 15 is 0 Å². The quantitative estimate of drug-likeness (QED) is 0.543. The molecule has 3 aromatic rings. The Morgan fingerprint density at radius 3 is 2.62 bits per heavy atom. The first kappa shape index (κ1) is 18.1. The molecule has 29 heavy (non-hydrogen) atoms. The first-order valence-electron chi connectivity index (χ1n) is 10.6. The summed E-state index contributed by atoms with van der Waals surface area (Å²) in [7, 11) is 0. The number of nitrogens with zero attached hydrogens (tertiary/aromatic N) is 1.